The molecule has 0 aliphatic heterocycles. The van der Waals surface area contributed by atoms with Crippen molar-refractivity contribution in [3.63, 3.8) is 0 Å². The van der Waals surface area contributed by atoms with E-state index in [1.807, 2.05) is 0 Å². The number of carboxylic acids is 2. The predicted molar refractivity (Wildman–Crippen MR) is 114 cm³/mol. The number of aromatic carboxylic acids is 2. The molecule has 0 atom stereocenters. The van der Waals surface area contributed by atoms with Crippen LogP contribution in [0.3, 0.4) is 0 Å². The summed E-state index contributed by atoms with van der Waals surface area (Å²) in [5.41, 5.74) is 0.229. The van der Waals surface area contributed by atoms with Gasteiger partial charge in [0.05, 0.1) is 0 Å². The Kier molecular flexibility index (Phi) is 6.34. The molecule has 0 spiro atoms. The Bertz CT molecular complexity index is 1160. The number of carbonyl (C=O) groups is 2. The van der Waals surface area contributed by atoms with Crippen molar-refractivity contribution in [3.8, 4) is 11.5 Å². The lowest BCUT2D eigenvalue weighted by Gasteiger charge is -2.05. The van der Waals surface area contributed by atoms with E-state index in [1.54, 1.807) is 36.4 Å². The standard InChI is InChI=1S/C24H16F2O6/c25-17-9-15(21(27)19(11-17)23(29)30)7-5-13-1-2-14(4-3-13)6-8-16-10-18(26)12-20(22(16)28)24(31)32/h1-12,27-28H,(H,29,30)(H,31,32)/b7-5+,8-6+. The van der Waals surface area contributed by atoms with Gasteiger partial charge in [-0.1, -0.05) is 48.6 Å². The van der Waals surface area contributed by atoms with Crippen molar-refractivity contribution in [2.24, 2.45) is 0 Å². The highest BCUT2D eigenvalue weighted by Crippen LogP contribution is 2.27. The largest absolute Gasteiger partial charge is 0.506 e. The van der Waals surface area contributed by atoms with Gasteiger partial charge in [0.2, 0.25) is 0 Å². The molecular formula is C24H16F2O6. The van der Waals surface area contributed by atoms with Crippen molar-refractivity contribution in [1.82, 2.24) is 0 Å². The van der Waals surface area contributed by atoms with E-state index in [-0.39, 0.29) is 11.1 Å². The van der Waals surface area contributed by atoms with Gasteiger partial charge < -0.3 is 20.4 Å². The third-order valence-electron chi connectivity index (χ3n) is 4.52. The van der Waals surface area contributed by atoms with Gasteiger partial charge in [-0.05, 0) is 35.4 Å². The van der Waals surface area contributed by atoms with Crippen LogP contribution in [0.2, 0.25) is 0 Å². The van der Waals surface area contributed by atoms with Gasteiger partial charge in [-0.25, -0.2) is 18.4 Å². The molecule has 0 aliphatic carbocycles. The summed E-state index contributed by atoms with van der Waals surface area (Å²) < 4.78 is 27.2. The lowest BCUT2D eigenvalue weighted by Crippen LogP contribution is -1.99. The molecule has 0 aliphatic rings. The van der Waals surface area contributed by atoms with E-state index in [4.69, 9.17) is 10.2 Å². The van der Waals surface area contributed by atoms with Crippen molar-refractivity contribution in [2.75, 3.05) is 0 Å². The molecule has 0 amide bonds. The van der Waals surface area contributed by atoms with E-state index in [1.165, 1.54) is 12.2 Å². The van der Waals surface area contributed by atoms with Gasteiger partial charge in [-0.3, -0.25) is 0 Å². The minimum Gasteiger partial charge on any atom is -0.506 e. The minimum absolute atomic E-state index is 0.00202. The third kappa shape index (κ3) is 4.99. The van der Waals surface area contributed by atoms with Gasteiger partial charge in [-0.15, -0.1) is 0 Å². The summed E-state index contributed by atoms with van der Waals surface area (Å²) in [6.07, 6.45) is 5.83. The zero-order chi connectivity index (χ0) is 23.4. The van der Waals surface area contributed by atoms with Crippen LogP contribution in [0, 0.1) is 11.6 Å². The quantitative estimate of drug-likeness (QED) is 0.398. The molecule has 0 radical (unpaired) electrons. The SMILES string of the molecule is O=C(O)c1cc(F)cc(/C=C/c2ccc(/C=C/c3cc(F)cc(C(=O)O)c3O)cc2)c1O. The molecule has 32 heavy (non-hydrogen) atoms. The van der Waals surface area contributed by atoms with Gasteiger partial charge in [-0.2, -0.15) is 0 Å². The normalized spacial score (nSPS) is 11.3. The Morgan fingerprint density at radius 1 is 0.625 bits per heavy atom. The third-order valence-corrected chi connectivity index (χ3v) is 4.52. The second-order valence-electron chi connectivity index (χ2n) is 6.73. The summed E-state index contributed by atoms with van der Waals surface area (Å²) in [4.78, 5) is 22.1. The smallest absolute Gasteiger partial charge is 0.339 e. The molecule has 3 aromatic carbocycles. The molecule has 6 nitrogen and oxygen atoms in total. The first-order valence-electron chi connectivity index (χ1n) is 9.13. The van der Waals surface area contributed by atoms with Gasteiger partial charge in [0.15, 0.2) is 0 Å². The van der Waals surface area contributed by atoms with Crippen LogP contribution in [0.4, 0.5) is 8.78 Å². The molecule has 0 fully saturated rings. The molecule has 162 valence electrons. The molecule has 0 aromatic heterocycles. The average molecular weight is 438 g/mol. The van der Waals surface area contributed by atoms with Crippen molar-refractivity contribution < 1.29 is 38.8 Å². The molecule has 0 saturated carbocycles. The van der Waals surface area contributed by atoms with E-state index in [0.29, 0.717) is 11.1 Å². The highest BCUT2D eigenvalue weighted by molar-refractivity contribution is 5.93. The maximum Gasteiger partial charge on any atom is 0.339 e. The minimum atomic E-state index is -1.45. The Labute approximate surface area is 180 Å². The first-order valence-corrected chi connectivity index (χ1v) is 9.13. The number of benzene rings is 3. The fourth-order valence-electron chi connectivity index (χ4n) is 2.91. The Hall–Kier alpha value is -4.46. The maximum absolute atomic E-state index is 13.6. The van der Waals surface area contributed by atoms with Crippen LogP contribution in [-0.2, 0) is 0 Å². The number of phenols is 2. The van der Waals surface area contributed by atoms with Crippen molar-refractivity contribution in [2.45, 2.75) is 0 Å². The fraction of sp³-hybridized carbons (Fsp3) is 0. The highest BCUT2D eigenvalue weighted by Gasteiger charge is 2.15. The molecular weight excluding hydrogens is 422 g/mol. The average Bonchev–Trinajstić information content (AvgIpc) is 2.74. The zero-order valence-corrected chi connectivity index (χ0v) is 16.3. The molecule has 0 heterocycles. The monoisotopic (exact) mass is 438 g/mol. The van der Waals surface area contributed by atoms with Crippen LogP contribution >= 0.6 is 0 Å². The number of rotatable bonds is 6. The Morgan fingerprint density at radius 3 is 1.28 bits per heavy atom. The van der Waals surface area contributed by atoms with Gasteiger partial charge in [0.25, 0.3) is 0 Å². The van der Waals surface area contributed by atoms with E-state index in [9.17, 15) is 28.6 Å². The van der Waals surface area contributed by atoms with Crippen LogP contribution in [0.15, 0.2) is 48.5 Å². The first-order chi connectivity index (χ1) is 15.2. The molecule has 0 unspecified atom stereocenters. The fourth-order valence-corrected chi connectivity index (χ4v) is 2.91. The van der Waals surface area contributed by atoms with Crippen LogP contribution in [-0.4, -0.2) is 32.4 Å². The molecule has 3 aromatic rings. The first kappa shape index (κ1) is 22.2. The number of hydrogen-bond donors (Lipinski definition) is 4. The Balaban J connectivity index is 1.81. The summed E-state index contributed by atoms with van der Waals surface area (Å²) in [7, 11) is 0. The summed E-state index contributed by atoms with van der Waals surface area (Å²) in [6, 6.07) is 10.2. The molecule has 0 bridgehead atoms. The topological polar surface area (TPSA) is 115 Å². The summed E-state index contributed by atoms with van der Waals surface area (Å²) in [5, 5.41) is 38.0. The second kappa shape index (κ2) is 9.13. The van der Waals surface area contributed by atoms with Crippen molar-refractivity contribution in [1.29, 1.82) is 0 Å². The van der Waals surface area contributed by atoms with Gasteiger partial charge in [0.1, 0.15) is 34.3 Å². The number of aromatic hydroxyl groups is 2. The summed E-state index contributed by atoms with van der Waals surface area (Å²) >= 11 is 0. The van der Waals surface area contributed by atoms with Gasteiger partial charge >= 0.3 is 11.9 Å². The Morgan fingerprint density at radius 2 is 0.969 bits per heavy atom. The number of hydrogen-bond acceptors (Lipinski definition) is 4. The predicted octanol–water partition coefficient (Wildman–Crippen LogP) is 5.11. The molecule has 0 saturated heterocycles. The number of carboxylic acid groups (broad SMARTS) is 2. The van der Waals surface area contributed by atoms with E-state index in [2.05, 4.69) is 0 Å². The van der Waals surface area contributed by atoms with Crippen molar-refractivity contribution >= 4 is 36.2 Å². The van der Waals surface area contributed by atoms with E-state index >= 15 is 0 Å². The second-order valence-corrected chi connectivity index (χ2v) is 6.73. The van der Waals surface area contributed by atoms with Crippen LogP contribution < -0.4 is 0 Å². The van der Waals surface area contributed by atoms with Crippen LogP contribution in [0.25, 0.3) is 24.3 Å². The summed E-state index contributed by atoms with van der Waals surface area (Å²) in [5.74, 6) is -5.60. The van der Waals surface area contributed by atoms with E-state index < -0.39 is 46.2 Å². The maximum atomic E-state index is 13.6. The van der Waals surface area contributed by atoms with Crippen LogP contribution in [0.1, 0.15) is 43.0 Å². The molecule has 4 N–H and O–H groups in total. The number of halogens is 2. The van der Waals surface area contributed by atoms with Crippen LogP contribution in [0.5, 0.6) is 11.5 Å². The van der Waals surface area contributed by atoms with E-state index in [0.717, 1.165) is 24.3 Å². The highest BCUT2D eigenvalue weighted by atomic mass is 19.1. The molecule has 8 heteroatoms. The van der Waals surface area contributed by atoms with Gasteiger partial charge in [0, 0.05) is 11.1 Å². The summed E-state index contributed by atoms with van der Waals surface area (Å²) in [6.45, 7) is 0. The van der Waals surface area contributed by atoms with Crippen molar-refractivity contribution in [3.05, 3.63) is 93.5 Å². The lowest BCUT2D eigenvalue weighted by atomic mass is 10.0. The molecule has 3 rings (SSSR count). The lowest BCUT2D eigenvalue weighted by molar-refractivity contribution is 0.0682. The zero-order valence-electron chi connectivity index (χ0n) is 16.3.